The lowest BCUT2D eigenvalue weighted by Crippen LogP contribution is -2.40. The highest BCUT2D eigenvalue weighted by atomic mass is 32.2. The van der Waals surface area contributed by atoms with Crippen LogP contribution in [-0.4, -0.2) is 51.4 Å². The monoisotopic (exact) mass is 356 g/mol. The summed E-state index contributed by atoms with van der Waals surface area (Å²) in [5.41, 5.74) is 2.27. The first-order valence-corrected chi connectivity index (χ1v) is 10.1. The number of thioether (sulfide) groups is 1. The molecule has 0 bridgehead atoms. The van der Waals surface area contributed by atoms with Gasteiger partial charge in [-0.25, -0.2) is 19.9 Å². The fourth-order valence-electron chi connectivity index (χ4n) is 3.61. The fraction of sp³-hybridized carbons (Fsp3) is 0.556. The van der Waals surface area contributed by atoms with Gasteiger partial charge in [-0.3, -0.25) is 0 Å². The summed E-state index contributed by atoms with van der Waals surface area (Å²) < 4.78 is 0. The van der Waals surface area contributed by atoms with Crippen LogP contribution >= 0.6 is 11.8 Å². The molecule has 0 aromatic carbocycles. The van der Waals surface area contributed by atoms with E-state index >= 15 is 0 Å². The highest BCUT2D eigenvalue weighted by molar-refractivity contribution is 7.98. The second kappa shape index (κ2) is 6.78. The van der Waals surface area contributed by atoms with Crippen molar-refractivity contribution in [1.29, 1.82) is 0 Å². The lowest BCUT2D eigenvalue weighted by atomic mass is 10.2. The molecule has 0 radical (unpaired) electrons. The van der Waals surface area contributed by atoms with Gasteiger partial charge in [-0.1, -0.05) is 11.8 Å². The van der Waals surface area contributed by atoms with E-state index in [1.54, 1.807) is 18.1 Å². The Kier molecular flexibility index (Phi) is 4.50. The summed E-state index contributed by atoms with van der Waals surface area (Å²) in [4.78, 5) is 22.9. The zero-order chi connectivity index (χ0) is 17.4. The minimum Gasteiger partial charge on any atom is -0.354 e. The first kappa shape index (κ1) is 16.6. The molecule has 0 N–H and O–H groups in total. The molecule has 3 heterocycles. The van der Waals surface area contributed by atoms with E-state index in [9.17, 15) is 0 Å². The third kappa shape index (κ3) is 3.29. The number of hydrogen-bond acceptors (Lipinski definition) is 7. The van der Waals surface area contributed by atoms with Crippen LogP contribution in [0.25, 0.3) is 0 Å². The van der Waals surface area contributed by atoms with Gasteiger partial charge < -0.3 is 9.80 Å². The van der Waals surface area contributed by atoms with E-state index < -0.39 is 0 Å². The summed E-state index contributed by atoms with van der Waals surface area (Å²) in [5.74, 6) is 2.16. The third-order valence-electron chi connectivity index (χ3n) is 5.15. The van der Waals surface area contributed by atoms with Crippen LogP contribution < -0.4 is 9.80 Å². The van der Waals surface area contributed by atoms with Crippen molar-refractivity contribution in [1.82, 2.24) is 19.9 Å². The SMILES string of the molecule is CSc1nc(C)c(C)c(N2CCC(N(c3ccncn3)C3CC3)C2)n1. The smallest absolute Gasteiger partial charge is 0.189 e. The number of aryl methyl sites for hydroxylation is 1. The standard InChI is InChI=1S/C18H24N6S/c1-12-13(2)21-18(25-3)22-17(12)23-9-7-15(10-23)24(14-4-5-14)16-6-8-19-11-20-16/h6,8,11,14-15H,4-5,7,9-10H2,1-3H3. The number of aromatic nitrogens is 4. The molecule has 4 rings (SSSR count). The molecule has 7 heteroatoms. The summed E-state index contributed by atoms with van der Waals surface area (Å²) >= 11 is 1.61. The predicted molar refractivity (Wildman–Crippen MR) is 101 cm³/mol. The van der Waals surface area contributed by atoms with Crippen molar-refractivity contribution in [2.75, 3.05) is 29.1 Å². The van der Waals surface area contributed by atoms with Gasteiger partial charge >= 0.3 is 0 Å². The molecule has 2 aromatic heterocycles. The molecule has 2 fully saturated rings. The Balaban J connectivity index is 1.58. The highest BCUT2D eigenvalue weighted by Gasteiger charge is 2.38. The number of nitrogens with zero attached hydrogens (tertiary/aromatic N) is 6. The van der Waals surface area contributed by atoms with Crippen molar-refractivity contribution in [2.24, 2.45) is 0 Å². The van der Waals surface area contributed by atoms with E-state index in [1.165, 1.54) is 18.4 Å². The van der Waals surface area contributed by atoms with Crippen LogP contribution in [0, 0.1) is 13.8 Å². The molecule has 1 saturated heterocycles. The maximum Gasteiger partial charge on any atom is 0.189 e. The second-order valence-corrected chi connectivity index (χ2v) is 7.61. The first-order valence-electron chi connectivity index (χ1n) is 8.86. The Morgan fingerprint density at radius 3 is 2.68 bits per heavy atom. The van der Waals surface area contributed by atoms with Gasteiger partial charge in [-0.2, -0.15) is 0 Å². The topological polar surface area (TPSA) is 58.0 Å². The summed E-state index contributed by atoms with van der Waals surface area (Å²) in [6.07, 6.45) is 9.20. The molecular weight excluding hydrogens is 332 g/mol. The Hall–Kier alpha value is -1.89. The van der Waals surface area contributed by atoms with Gasteiger partial charge in [0.25, 0.3) is 0 Å². The van der Waals surface area contributed by atoms with Gasteiger partial charge in [-0.15, -0.1) is 0 Å². The fourth-order valence-corrected chi connectivity index (χ4v) is 4.02. The molecule has 1 aliphatic heterocycles. The van der Waals surface area contributed by atoms with Crippen molar-refractivity contribution in [3.8, 4) is 0 Å². The Labute approximate surface area is 153 Å². The van der Waals surface area contributed by atoms with Crippen LogP contribution in [-0.2, 0) is 0 Å². The number of rotatable bonds is 5. The van der Waals surface area contributed by atoms with Crippen molar-refractivity contribution in [2.45, 2.75) is 50.4 Å². The summed E-state index contributed by atoms with van der Waals surface area (Å²) in [6, 6.07) is 3.15. The van der Waals surface area contributed by atoms with Crippen LogP contribution in [0.1, 0.15) is 30.5 Å². The molecule has 2 aromatic rings. The highest BCUT2D eigenvalue weighted by Crippen LogP contribution is 2.36. The summed E-state index contributed by atoms with van der Waals surface area (Å²) in [7, 11) is 0. The van der Waals surface area contributed by atoms with Crippen molar-refractivity contribution < 1.29 is 0 Å². The normalized spacial score (nSPS) is 20.1. The molecule has 0 amide bonds. The average Bonchev–Trinajstić information content (AvgIpc) is 3.35. The maximum absolute atomic E-state index is 4.79. The molecule has 2 aliphatic rings. The van der Waals surface area contributed by atoms with Crippen LogP contribution in [0.5, 0.6) is 0 Å². The molecule has 0 spiro atoms. The number of anilines is 2. The molecule has 132 valence electrons. The van der Waals surface area contributed by atoms with Gasteiger partial charge in [0, 0.05) is 42.6 Å². The van der Waals surface area contributed by atoms with E-state index in [0.29, 0.717) is 12.1 Å². The Morgan fingerprint density at radius 1 is 1.16 bits per heavy atom. The molecule has 1 atom stereocenters. The van der Waals surface area contributed by atoms with E-state index in [-0.39, 0.29) is 0 Å². The minimum absolute atomic E-state index is 0.481. The minimum atomic E-state index is 0.481. The second-order valence-electron chi connectivity index (χ2n) is 6.84. The molecule has 1 saturated carbocycles. The first-order chi connectivity index (χ1) is 12.2. The third-order valence-corrected chi connectivity index (χ3v) is 5.70. The molecule has 1 unspecified atom stereocenters. The van der Waals surface area contributed by atoms with Crippen molar-refractivity contribution in [3.05, 3.63) is 29.8 Å². The Bertz CT molecular complexity index is 749. The maximum atomic E-state index is 4.79. The predicted octanol–water partition coefficient (Wildman–Crippen LogP) is 2.85. The van der Waals surface area contributed by atoms with E-state index in [4.69, 9.17) is 4.98 Å². The van der Waals surface area contributed by atoms with Gasteiger partial charge in [0.15, 0.2) is 5.16 Å². The average molecular weight is 356 g/mol. The van der Waals surface area contributed by atoms with Gasteiger partial charge in [0.2, 0.25) is 0 Å². The zero-order valence-corrected chi connectivity index (χ0v) is 15.8. The van der Waals surface area contributed by atoms with Crippen LogP contribution in [0.4, 0.5) is 11.6 Å². The van der Waals surface area contributed by atoms with Crippen LogP contribution in [0.15, 0.2) is 23.7 Å². The number of hydrogen-bond donors (Lipinski definition) is 0. The van der Waals surface area contributed by atoms with Crippen molar-refractivity contribution in [3.63, 3.8) is 0 Å². The molecule has 1 aliphatic carbocycles. The lowest BCUT2D eigenvalue weighted by Gasteiger charge is -2.30. The van der Waals surface area contributed by atoms with Crippen molar-refractivity contribution >= 4 is 23.4 Å². The molecule has 6 nitrogen and oxygen atoms in total. The van der Waals surface area contributed by atoms with Crippen LogP contribution in [0.3, 0.4) is 0 Å². The Morgan fingerprint density at radius 2 is 2.00 bits per heavy atom. The van der Waals surface area contributed by atoms with E-state index in [2.05, 4.69) is 38.6 Å². The largest absolute Gasteiger partial charge is 0.354 e. The quantitative estimate of drug-likeness (QED) is 0.603. The van der Waals surface area contributed by atoms with E-state index in [0.717, 1.165) is 42.0 Å². The summed E-state index contributed by atoms with van der Waals surface area (Å²) in [5, 5.41) is 0.858. The zero-order valence-electron chi connectivity index (χ0n) is 15.0. The van der Waals surface area contributed by atoms with Crippen LogP contribution in [0.2, 0.25) is 0 Å². The molecule has 25 heavy (non-hydrogen) atoms. The summed E-state index contributed by atoms with van der Waals surface area (Å²) in [6.45, 7) is 6.23. The molecular formula is C18H24N6S. The van der Waals surface area contributed by atoms with Gasteiger partial charge in [0.05, 0.1) is 0 Å². The van der Waals surface area contributed by atoms with E-state index in [1.807, 2.05) is 18.5 Å². The van der Waals surface area contributed by atoms with Gasteiger partial charge in [-0.05, 0) is 45.4 Å². The van der Waals surface area contributed by atoms with Gasteiger partial charge in [0.1, 0.15) is 18.0 Å². The lowest BCUT2D eigenvalue weighted by molar-refractivity contribution is 0.624.